The zero-order valence-corrected chi connectivity index (χ0v) is 9.96. The lowest BCUT2D eigenvalue weighted by atomic mass is 10.1. The topological polar surface area (TPSA) is 98.1 Å². The molecule has 1 rings (SSSR count). The largest absolute Gasteiger partial charge is 0.508 e. The van der Waals surface area contributed by atoms with Gasteiger partial charge in [-0.05, 0) is 19.1 Å². The number of hydrogen-bond donors (Lipinski definition) is 3. The van der Waals surface area contributed by atoms with Crippen molar-refractivity contribution in [3.8, 4) is 11.5 Å². The highest BCUT2D eigenvalue weighted by Gasteiger charge is 2.16. The van der Waals surface area contributed by atoms with E-state index < -0.39 is 11.9 Å². The molecule has 0 aromatic heterocycles. The van der Waals surface area contributed by atoms with Crippen molar-refractivity contribution in [2.75, 3.05) is 13.1 Å². The van der Waals surface area contributed by atoms with E-state index in [1.807, 2.05) is 0 Å². The zero-order chi connectivity index (χ0) is 13.7. The van der Waals surface area contributed by atoms with E-state index in [-0.39, 0.29) is 30.0 Å². The van der Waals surface area contributed by atoms with Gasteiger partial charge < -0.3 is 20.2 Å². The van der Waals surface area contributed by atoms with Crippen molar-refractivity contribution in [2.45, 2.75) is 13.3 Å². The number of benzene rings is 1. The maximum atomic E-state index is 12.0. The Kier molecular flexibility index (Phi) is 4.53. The SMILES string of the molecule is CCN(CCC(=O)O)C(=O)c1cc(O)cc(O)c1. The number of carbonyl (C=O) groups excluding carboxylic acids is 1. The Hall–Kier alpha value is -2.24. The third-order valence-corrected chi connectivity index (χ3v) is 2.41. The zero-order valence-electron chi connectivity index (χ0n) is 9.96. The van der Waals surface area contributed by atoms with Gasteiger partial charge >= 0.3 is 5.97 Å². The molecule has 0 aliphatic heterocycles. The van der Waals surface area contributed by atoms with Crippen LogP contribution in [0.3, 0.4) is 0 Å². The number of rotatable bonds is 5. The summed E-state index contributed by atoms with van der Waals surface area (Å²) in [5.41, 5.74) is 0.125. The highest BCUT2D eigenvalue weighted by molar-refractivity contribution is 5.95. The fourth-order valence-corrected chi connectivity index (χ4v) is 1.54. The molecule has 0 bridgehead atoms. The third kappa shape index (κ3) is 3.65. The fourth-order valence-electron chi connectivity index (χ4n) is 1.54. The molecule has 0 aliphatic carbocycles. The number of aromatic hydroxyl groups is 2. The first-order valence-electron chi connectivity index (χ1n) is 5.48. The van der Waals surface area contributed by atoms with Crippen LogP contribution in [-0.4, -0.2) is 45.2 Å². The molecule has 1 amide bonds. The molecule has 0 atom stereocenters. The van der Waals surface area contributed by atoms with Crippen molar-refractivity contribution in [2.24, 2.45) is 0 Å². The van der Waals surface area contributed by atoms with Crippen LogP contribution in [-0.2, 0) is 4.79 Å². The molecule has 0 saturated heterocycles. The molecular weight excluding hydrogens is 238 g/mol. The minimum Gasteiger partial charge on any atom is -0.508 e. The van der Waals surface area contributed by atoms with Gasteiger partial charge in [-0.2, -0.15) is 0 Å². The van der Waals surface area contributed by atoms with Gasteiger partial charge in [0, 0.05) is 24.7 Å². The van der Waals surface area contributed by atoms with Crippen LogP contribution in [0, 0.1) is 0 Å². The Morgan fingerprint density at radius 1 is 1.17 bits per heavy atom. The quantitative estimate of drug-likeness (QED) is 0.728. The summed E-state index contributed by atoms with van der Waals surface area (Å²) in [6.07, 6.45) is -0.148. The average molecular weight is 253 g/mol. The van der Waals surface area contributed by atoms with E-state index in [1.54, 1.807) is 6.92 Å². The van der Waals surface area contributed by atoms with Crippen LogP contribution in [0.2, 0.25) is 0 Å². The number of hydrogen-bond acceptors (Lipinski definition) is 4. The van der Waals surface area contributed by atoms with E-state index in [4.69, 9.17) is 5.11 Å². The van der Waals surface area contributed by atoms with Gasteiger partial charge in [-0.25, -0.2) is 0 Å². The fraction of sp³-hybridized carbons (Fsp3) is 0.333. The second-order valence-electron chi connectivity index (χ2n) is 3.77. The summed E-state index contributed by atoms with van der Waals surface area (Å²) in [5.74, 6) is -1.84. The van der Waals surface area contributed by atoms with Crippen LogP contribution in [0.5, 0.6) is 11.5 Å². The molecule has 1 aromatic carbocycles. The molecular formula is C12H15NO5. The van der Waals surface area contributed by atoms with E-state index in [0.29, 0.717) is 6.54 Å². The number of amides is 1. The van der Waals surface area contributed by atoms with Crippen molar-refractivity contribution < 1.29 is 24.9 Å². The highest BCUT2D eigenvalue weighted by atomic mass is 16.4. The third-order valence-electron chi connectivity index (χ3n) is 2.41. The predicted molar refractivity (Wildman–Crippen MR) is 63.6 cm³/mol. The van der Waals surface area contributed by atoms with Gasteiger partial charge in [0.2, 0.25) is 0 Å². The van der Waals surface area contributed by atoms with E-state index in [1.165, 1.54) is 17.0 Å². The molecule has 6 nitrogen and oxygen atoms in total. The summed E-state index contributed by atoms with van der Waals surface area (Å²) in [4.78, 5) is 23.8. The first-order valence-corrected chi connectivity index (χ1v) is 5.48. The minimum atomic E-state index is -0.986. The molecule has 1 aromatic rings. The minimum absolute atomic E-state index is 0.0844. The maximum Gasteiger partial charge on any atom is 0.305 e. The summed E-state index contributed by atoms with van der Waals surface area (Å²) in [5, 5.41) is 27.2. The van der Waals surface area contributed by atoms with Crippen molar-refractivity contribution in [3.05, 3.63) is 23.8 Å². The van der Waals surface area contributed by atoms with E-state index in [2.05, 4.69) is 0 Å². The molecule has 0 saturated carbocycles. The normalized spacial score (nSPS) is 10.1. The van der Waals surface area contributed by atoms with E-state index in [0.717, 1.165) is 6.07 Å². The maximum absolute atomic E-state index is 12.0. The Morgan fingerprint density at radius 2 is 1.72 bits per heavy atom. The van der Waals surface area contributed by atoms with Crippen molar-refractivity contribution in [3.63, 3.8) is 0 Å². The molecule has 0 unspecified atom stereocenters. The second-order valence-corrected chi connectivity index (χ2v) is 3.77. The van der Waals surface area contributed by atoms with Gasteiger partial charge in [-0.15, -0.1) is 0 Å². The van der Waals surface area contributed by atoms with Crippen LogP contribution < -0.4 is 0 Å². The number of carboxylic acids is 1. The van der Waals surface area contributed by atoms with Gasteiger partial charge in [0.25, 0.3) is 5.91 Å². The summed E-state index contributed by atoms with van der Waals surface area (Å²) < 4.78 is 0. The number of nitrogens with zero attached hydrogens (tertiary/aromatic N) is 1. The lowest BCUT2D eigenvalue weighted by molar-refractivity contribution is -0.137. The van der Waals surface area contributed by atoms with Crippen LogP contribution in [0.15, 0.2) is 18.2 Å². The smallest absolute Gasteiger partial charge is 0.305 e. The van der Waals surface area contributed by atoms with Gasteiger partial charge in [-0.3, -0.25) is 9.59 Å². The highest BCUT2D eigenvalue weighted by Crippen LogP contribution is 2.21. The summed E-state index contributed by atoms with van der Waals surface area (Å²) in [6, 6.07) is 3.57. The molecule has 18 heavy (non-hydrogen) atoms. The molecule has 0 heterocycles. The first kappa shape index (κ1) is 13.8. The first-order chi connectivity index (χ1) is 8.43. The van der Waals surface area contributed by atoms with E-state index in [9.17, 15) is 19.8 Å². The molecule has 0 aliphatic rings. The molecule has 98 valence electrons. The summed E-state index contributed by atoms with van der Waals surface area (Å²) >= 11 is 0. The molecule has 0 spiro atoms. The second kappa shape index (κ2) is 5.90. The van der Waals surface area contributed by atoms with Crippen molar-refractivity contribution in [1.82, 2.24) is 4.90 Å². The number of aliphatic carboxylic acids is 1. The molecule has 3 N–H and O–H groups in total. The Labute approximate surface area is 104 Å². The van der Waals surface area contributed by atoms with Gasteiger partial charge in [0.15, 0.2) is 0 Å². The summed E-state index contributed by atoms with van der Waals surface area (Å²) in [6.45, 7) is 2.16. The van der Waals surface area contributed by atoms with Gasteiger partial charge in [0.1, 0.15) is 11.5 Å². The summed E-state index contributed by atoms with van der Waals surface area (Å²) in [7, 11) is 0. The van der Waals surface area contributed by atoms with Crippen LogP contribution in [0.25, 0.3) is 0 Å². The van der Waals surface area contributed by atoms with Crippen LogP contribution >= 0.6 is 0 Å². The Balaban J connectivity index is 2.85. The lowest BCUT2D eigenvalue weighted by Crippen LogP contribution is -2.32. The molecule has 0 radical (unpaired) electrons. The monoisotopic (exact) mass is 253 g/mol. The number of carbonyl (C=O) groups is 2. The molecule has 6 heteroatoms. The van der Waals surface area contributed by atoms with Crippen LogP contribution in [0.1, 0.15) is 23.7 Å². The van der Waals surface area contributed by atoms with Crippen LogP contribution in [0.4, 0.5) is 0 Å². The van der Waals surface area contributed by atoms with Crippen molar-refractivity contribution >= 4 is 11.9 Å². The van der Waals surface area contributed by atoms with Gasteiger partial charge in [0.05, 0.1) is 6.42 Å². The van der Waals surface area contributed by atoms with E-state index >= 15 is 0 Å². The average Bonchev–Trinajstić information content (AvgIpc) is 2.27. The molecule has 0 fully saturated rings. The lowest BCUT2D eigenvalue weighted by Gasteiger charge is -2.20. The standard InChI is InChI=1S/C12H15NO5/c1-2-13(4-3-11(16)17)12(18)8-5-9(14)7-10(15)6-8/h5-7,14-15H,2-4H2,1H3,(H,16,17). The predicted octanol–water partition coefficient (Wildman–Crippen LogP) is 1.03. The number of carboxylic acid groups (broad SMARTS) is 1. The van der Waals surface area contributed by atoms with Gasteiger partial charge in [-0.1, -0.05) is 0 Å². The van der Waals surface area contributed by atoms with Crippen molar-refractivity contribution in [1.29, 1.82) is 0 Å². The Bertz CT molecular complexity index is 438. The number of phenolic OH excluding ortho intramolecular Hbond substituents is 2. The number of phenols is 2. The Morgan fingerprint density at radius 3 is 2.17 bits per heavy atom.